The fourth-order valence-electron chi connectivity index (χ4n) is 6.05. The van der Waals surface area contributed by atoms with Gasteiger partial charge in [-0.3, -0.25) is 18.6 Å². The minimum absolute atomic E-state index is 0.188. The van der Waals surface area contributed by atoms with Gasteiger partial charge in [0.2, 0.25) is 0 Å². The van der Waals surface area contributed by atoms with Crippen molar-refractivity contribution in [2.75, 3.05) is 26.4 Å². The van der Waals surface area contributed by atoms with Crippen LogP contribution >= 0.6 is 7.82 Å². The van der Waals surface area contributed by atoms with Crippen LogP contribution in [0.4, 0.5) is 0 Å². The lowest BCUT2D eigenvalue weighted by atomic mass is 10.1. The van der Waals surface area contributed by atoms with Crippen molar-refractivity contribution in [1.82, 2.24) is 0 Å². The minimum atomic E-state index is -4.61. The van der Waals surface area contributed by atoms with Crippen molar-refractivity contribution in [3.63, 3.8) is 0 Å². The van der Waals surface area contributed by atoms with Crippen molar-refractivity contribution < 1.29 is 47.8 Å². The van der Waals surface area contributed by atoms with Crippen molar-refractivity contribution in [2.45, 2.75) is 219 Å². The van der Waals surface area contributed by atoms with Crippen molar-refractivity contribution in [2.24, 2.45) is 0 Å². The highest BCUT2D eigenvalue weighted by Gasteiger charge is 2.27. The molecule has 53 heavy (non-hydrogen) atoms. The number of hydrogen-bond acceptors (Lipinski definition) is 9. The molecule has 0 aliphatic heterocycles. The molecule has 10 nitrogen and oxygen atoms in total. The molecule has 0 radical (unpaired) electrons. The third kappa shape index (κ3) is 38.8. The van der Waals surface area contributed by atoms with Gasteiger partial charge in [-0.25, -0.2) is 4.57 Å². The number of phosphoric acid groups is 1. The quantitative estimate of drug-likeness (QED) is 0.0237. The van der Waals surface area contributed by atoms with Crippen LogP contribution in [-0.4, -0.2) is 65.7 Å². The second kappa shape index (κ2) is 39.0. The van der Waals surface area contributed by atoms with E-state index in [2.05, 4.69) is 30.5 Å². The highest BCUT2D eigenvalue weighted by atomic mass is 31.2. The molecule has 1 unspecified atom stereocenters. The van der Waals surface area contributed by atoms with E-state index in [1.54, 1.807) is 0 Å². The smallest absolute Gasteiger partial charge is 0.462 e. The summed E-state index contributed by atoms with van der Waals surface area (Å²) in [5.41, 5.74) is 0. The SMILES string of the molecule is CCCCCCCCCC/C=C\CCCCCCCCCC(=O)OC[C@H](COP(=O)(O)OC[C@@H](O)CO)OC(=O)CCCCCCCCCCCCC. The number of ether oxygens (including phenoxy) is 2. The largest absolute Gasteiger partial charge is 0.472 e. The van der Waals surface area contributed by atoms with Crippen LogP contribution in [0.3, 0.4) is 0 Å². The van der Waals surface area contributed by atoms with Crippen LogP contribution in [0.1, 0.15) is 206 Å². The lowest BCUT2D eigenvalue weighted by Gasteiger charge is -2.20. The highest BCUT2D eigenvalue weighted by Crippen LogP contribution is 2.43. The number of phosphoric ester groups is 1. The molecule has 3 N–H and O–H groups in total. The first-order chi connectivity index (χ1) is 25.7. The molecule has 0 bridgehead atoms. The fraction of sp³-hybridized carbons (Fsp3) is 0.905. The summed E-state index contributed by atoms with van der Waals surface area (Å²) in [5.74, 6) is -0.922. The van der Waals surface area contributed by atoms with Gasteiger partial charge in [0, 0.05) is 12.8 Å². The molecule has 0 saturated heterocycles. The Balaban J connectivity index is 4.22. The van der Waals surface area contributed by atoms with Crippen molar-refractivity contribution in [3.8, 4) is 0 Å². The summed E-state index contributed by atoms with van der Waals surface area (Å²) in [6.45, 7) is 2.38. The molecule has 0 aromatic rings. The molecule has 3 atom stereocenters. The average molecular weight is 777 g/mol. The predicted molar refractivity (Wildman–Crippen MR) is 215 cm³/mol. The highest BCUT2D eigenvalue weighted by molar-refractivity contribution is 7.47. The van der Waals surface area contributed by atoms with Crippen LogP contribution in [0.2, 0.25) is 0 Å². The standard InChI is InChI=1S/C42H81O10P/c1-3-5-7-9-11-13-15-16-17-18-19-20-21-22-24-25-27-29-31-33-41(45)49-37-40(38-51-53(47,48)50-36-39(44)35-43)52-42(46)34-32-30-28-26-23-14-12-10-8-6-4-2/h18-19,39-40,43-44H,3-17,20-38H2,1-2H3,(H,47,48)/b19-18-/t39-,40+/m0/s1. The third-order valence-corrected chi connectivity index (χ3v) is 10.4. The number of carbonyl (C=O) groups excluding carboxylic acids is 2. The topological polar surface area (TPSA) is 149 Å². The Morgan fingerprint density at radius 3 is 1.36 bits per heavy atom. The van der Waals surface area contributed by atoms with Gasteiger partial charge in [-0.1, -0.05) is 167 Å². The van der Waals surface area contributed by atoms with Gasteiger partial charge in [-0.2, -0.15) is 0 Å². The summed E-state index contributed by atoms with van der Waals surface area (Å²) in [7, 11) is -4.61. The lowest BCUT2D eigenvalue weighted by Crippen LogP contribution is -2.29. The van der Waals surface area contributed by atoms with E-state index >= 15 is 0 Å². The number of esters is 2. The van der Waals surface area contributed by atoms with E-state index in [4.69, 9.17) is 19.1 Å². The minimum Gasteiger partial charge on any atom is -0.462 e. The van der Waals surface area contributed by atoms with Crippen LogP contribution in [0, 0.1) is 0 Å². The molecule has 0 rings (SSSR count). The number of allylic oxidation sites excluding steroid dienone is 2. The molecular formula is C42H81O10P. The molecule has 11 heteroatoms. The maximum absolute atomic E-state index is 12.6. The van der Waals surface area contributed by atoms with Gasteiger partial charge >= 0.3 is 19.8 Å². The normalized spacial score (nSPS) is 14.0. The van der Waals surface area contributed by atoms with E-state index < -0.39 is 51.8 Å². The van der Waals surface area contributed by atoms with Crippen molar-refractivity contribution >= 4 is 19.8 Å². The van der Waals surface area contributed by atoms with Crippen molar-refractivity contribution in [3.05, 3.63) is 12.2 Å². The first-order valence-corrected chi connectivity index (χ1v) is 23.1. The molecule has 0 saturated carbocycles. The molecule has 0 spiro atoms. The number of aliphatic hydroxyl groups excluding tert-OH is 2. The van der Waals surface area contributed by atoms with E-state index in [0.717, 1.165) is 44.9 Å². The first kappa shape index (κ1) is 51.7. The average Bonchev–Trinajstić information content (AvgIpc) is 3.14. The monoisotopic (exact) mass is 777 g/mol. The Labute approximate surface area is 324 Å². The number of carbonyl (C=O) groups is 2. The van der Waals surface area contributed by atoms with Gasteiger partial charge in [-0.15, -0.1) is 0 Å². The molecule has 0 aliphatic rings. The summed E-state index contributed by atoms with van der Waals surface area (Å²) >= 11 is 0. The van der Waals surface area contributed by atoms with E-state index in [1.807, 2.05) is 0 Å². The second-order valence-corrected chi connectivity index (χ2v) is 16.2. The van der Waals surface area contributed by atoms with Gasteiger partial charge in [0.1, 0.15) is 12.7 Å². The Kier molecular flexibility index (Phi) is 38.0. The molecule has 0 fully saturated rings. The van der Waals surface area contributed by atoms with Crippen LogP contribution in [0.5, 0.6) is 0 Å². The van der Waals surface area contributed by atoms with Crippen LogP contribution in [-0.2, 0) is 32.7 Å². The summed E-state index contributed by atoms with van der Waals surface area (Å²) in [6, 6.07) is 0. The number of rotatable bonds is 41. The van der Waals surface area contributed by atoms with Crippen LogP contribution in [0.15, 0.2) is 12.2 Å². The van der Waals surface area contributed by atoms with Gasteiger partial charge in [0.05, 0.1) is 19.8 Å². The second-order valence-electron chi connectivity index (χ2n) is 14.7. The zero-order valence-corrected chi connectivity index (χ0v) is 34.9. The molecule has 0 amide bonds. The van der Waals surface area contributed by atoms with Gasteiger partial charge in [0.15, 0.2) is 6.10 Å². The van der Waals surface area contributed by atoms with Crippen LogP contribution in [0.25, 0.3) is 0 Å². The van der Waals surface area contributed by atoms with E-state index in [1.165, 1.54) is 122 Å². The lowest BCUT2D eigenvalue weighted by molar-refractivity contribution is -0.161. The zero-order valence-electron chi connectivity index (χ0n) is 34.0. The summed E-state index contributed by atoms with van der Waals surface area (Å²) in [6.07, 6.45) is 36.1. The predicted octanol–water partition coefficient (Wildman–Crippen LogP) is 11.2. The number of unbranched alkanes of at least 4 members (excludes halogenated alkanes) is 25. The third-order valence-electron chi connectivity index (χ3n) is 9.42. The first-order valence-electron chi connectivity index (χ1n) is 21.6. The van der Waals surface area contributed by atoms with Gasteiger partial charge < -0.3 is 24.6 Å². The Hall–Kier alpha value is -1.29. The Morgan fingerprint density at radius 2 is 0.925 bits per heavy atom. The van der Waals surface area contributed by atoms with Crippen molar-refractivity contribution in [1.29, 1.82) is 0 Å². The van der Waals surface area contributed by atoms with Gasteiger partial charge in [0.25, 0.3) is 0 Å². The Bertz CT molecular complexity index is 899. The summed E-state index contributed by atoms with van der Waals surface area (Å²) in [4.78, 5) is 34.9. The molecule has 0 heterocycles. The van der Waals surface area contributed by atoms with Crippen LogP contribution < -0.4 is 0 Å². The molecule has 0 aliphatic carbocycles. The zero-order chi connectivity index (χ0) is 39.1. The Morgan fingerprint density at radius 1 is 0.547 bits per heavy atom. The fourth-order valence-corrected chi connectivity index (χ4v) is 6.84. The maximum Gasteiger partial charge on any atom is 0.472 e. The van der Waals surface area contributed by atoms with E-state index in [9.17, 15) is 24.2 Å². The molecular weight excluding hydrogens is 695 g/mol. The number of aliphatic hydroxyl groups is 2. The van der Waals surface area contributed by atoms with E-state index in [-0.39, 0.29) is 19.4 Å². The summed E-state index contributed by atoms with van der Waals surface area (Å²) in [5, 5.41) is 18.3. The van der Waals surface area contributed by atoms with Gasteiger partial charge in [-0.05, 0) is 38.5 Å². The number of hydrogen-bond donors (Lipinski definition) is 3. The molecule has 314 valence electrons. The molecule has 0 aromatic carbocycles. The summed E-state index contributed by atoms with van der Waals surface area (Å²) < 4.78 is 32.7. The molecule has 0 aromatic heterocycles. The van der Waals surface area contributed by atoms with E-state index in [0.29, 0.717) is 12.8 Å². The maximum atomic E-state index is 12.6.